The molecule has 0 aliphatic carbocycles. The summed E-state index contributed by atoms with van der Waals surface area (Å²) in [6.07, 6.45) is 3.95. The van der Waals surface area contributed by atoms with Crippen LogP contribution in [0.5, 0.6) is 17.2 Å². The Bertz CT molecular complexity index is 787. The van der Waals surface area contributed by atoms with Gasteiger partial charge in [0.25, 0.3) is 5.91 Å². The summed E-state index contributed by atoms with van der Waals surface area (Å²) in [6, 6.07) is 12.8. The van der Waals surface area contributed by atoms with Crippen LogP contribution in [0.3, 0.4) is 0 Å². The van der Waals surface area contributed by atoms with Crippen LogP contribution < -0.4 is 19.6 Å². The summed E-state index contributed by atoms with van der Waals surface area (Å²) in [5.74, 6) is 1.58. The first-order valence-corrected chi connectivity index (χ1v) is 8.03. The van der Waals surface area contributed by atoms with E-state index >= 15 is 0 Å². The van der Waals surface area contributed by atoms with E-state index in [9.17, 15) is 4.79 Å². The standard InChI is InChI=1S/C20H22N2O4/c1-4-7-15-8-5-6-9-19(15)26-14-20(23)22-21-13-16-12-17(24-2)10-11-18(16)25-3/h4-6,8-13H,1,7,14H2,2-3H3,(H,22,23). The molecule has 2 aromatic rings. The summed E-state index contributed by atoms with van der Waals surface area (Å²) < 4.78 is 16.0. The third-order valence-corrected chi connectivity index (χ3v) is 3.53. The van der Waals surface area contributed by atoms with Crippen molar-refractivity contribution in [3.8, 4) is 17.2 Å². The summed E-state index contributed by atoms with van der Waals surface area (Å²) in [5, 5.41) is 3.94. The van der Waals surface area contributed by atoms with E-state index in [4.69, 9.17) is 14.2 Å². The SMILES string of the molecule is C=CCc1ccccc1OCC(=O)NN=Cc1cc(OC)ccc1OC. The lowest BCUT2D eigenvalue weighted by Gasteiger charge is -2.09. The second-order valence-electron chi connectivity index (χ2n) is 5.29. The predicted molar refractivity (Wildman–Crippen MR) is 101 cm³/mol. The molecule has 136 valence electrons. The number of amides is 1. The Hall–Kier alpha value is -3.28. The second-order valence-corrected chi connectivity index (χ2v) is 5.29. The highest BCUT2D eigenvalue weighted by atomic mass is 16.5. The molecule has 1 N–H and O–H groups in total. The van der Waals surface area contributed by atoms with Crippen LogP contribution in [0.15, 0.2) is 60.2 Å². The summed E-state index contributed by atoms with van der Waals surface area (Å²) in [4.78, 5) is 11.9. The van der Waals surface area contributed by atoms with Gasteiger partial charge >= 0.3 is 0 Å². The number of methoxy groups -OCH3 is 2. The van der Waals surface area contributed by atoms with E-state index < -0.39 is 0 Å². The normalized spacial score (nSPS) is 10.4. The van der Waals surface area contributed by atoms with Crippen LogP contribution >= 0.6 is 0 Å². The number of carbonyl (C=O) groups excluding carboxylic acids is 1. The zero-order valence-corrected chi connectivity index (χ0v) is 14.9. The highest BCUT2D eigenvalue weighted by Gasteiger charge is 2.06. The van der Waals surface area contributed by atoms with E-state index in [0.29, 0.717) is 29.2 Å². The van der Waals surface area contributed by atoms with Crippen molar-refractivity contribution in [1.82, 2.24) is 5.43 Å². The first-order valence-electron chi connectivity index (χ1n) is 8.03. The summed E-state index contributed by atoms with van der Waals surface area (Å²) >= 11 is 0. The second kappa shape index (κ2) is 9.88. The number of nitrogens with zero attached hydrogens (tertiary/aromatic N) is 1. The van der Waals surface area contributed by atoms with Crippen LogP contribution in [-0.2, 0) is 11.2 Å². The maximum atomic E-state index is 11.9. The Morgan fingerprint density at radius 1 is 1.15 bits per heavy atom. The molecule has 0 spiro atoms. The lowest BCUT2D eigenvalue weighted by Crippen LogP contribution is -2.24. The van der Waals surface area contributed by atoms with Crippen LogP contribution in [0, 0.1) is 0 Å². The quantitative estimate of drug-likeness (QED) is 0.427. The topological polar surface area (TPSA) is 69.2 Å². The molecule has 0 unspecified atom stereocenters. The molecule has 0 fully saturated rings. The van der Waals surface area contributed by atoms with E-state index in [1.165, 1.54) is 6.21 Å². The van der Waals surface area contributed by atoms with Gasteiger partial charge in [-0.15, -0.1) is 6.58 Å². The molecule has 6 nitrogen and oxygen atoms in total. The van der Waals surface area contributed by atoms with Gasteiger partial charge < -0.3 is 14.2 Å². The van der Waals surface area contributed by atoms with Crippen molar-refractivity contribution in [2.75, 3.05) is 20.8 Å². The number of rotatable bonds is 9. The molecule has 2 rings (SSSR count). The number of benzene rings is 2. The fourth-order valence-corrected chi connectivity index (χ4v) is 2.26. The van der Waals surface area contributed by atoms with Gasteiger partial charge in [0, 0.05) is 5.56 Å². The lowest BCUT2D eigenvalue weighted by molar-refractivity contribution is -0.123. The Morgan fingerprint density at radius 2 is 1.96 bits per heavy atom. The molecular formula is C20H22N2O4. The average molecular weight is 354 g/mol. The van der Waals surface area contributed by atoms with Gasteiger partial charge in [0.2, 0.25) is 0 Å². The molecule has 0 aromatic heterocycles. The molecule has 0 saturated heterocycles. The van der Waals surface area contributed by atoms with Gasteiger partial charge in [-0.1, -0.05) is 24.3 Å². The van der Waals surface area contributed by atoms with Crippen molar-refractivity contribution in [1.29, 1.82) is 0 Å². The Kier molecular flexibility index (Phi) is 7.24. The molecule has 6 heteroatoms. The van der Waals surface area contributed by atoms with Crippen molar-refractivity contribution < 1.29 is 19.0 Å². The van der Waals surface area contributed by atoms with Gasteiger partial charge in [0.15, 0.2) is 6.61 Å². The fourth-order valence-electron chi connectivity index (χ4n) is 2.26. The van der Waals surface area contributed by atoms with Crippen molar-refractivity contribution in [2.45, 2.75) is 6.42 Å². The number of hydrogen-bond acceptors (Lipinski definition) is 5. The number of para-hydroxylation sites is 1. The zero-order chi connectivity index (χ0) is 18.8. The van der Waals surface area contributed by atoms with Crippen molar-refractivity contribution >= 4 is 12.1 Å². The number of hydrogen-bond donors (Lipinski definition) is 1. The maximum Gasteiger partial charge on any atom is 0.277 e. The Labute approximate surface area is 153 Å². The molecule has 0 aliphatic heterocycles. The highest BCUT2D eigenvalue weighted by Crippen LogP contribution is 2.22. The van der Waals surface area contributed by atoms with Crippen LogP contribution in [0.1, 0.15) is 11.1 Å². The largest absolute Gasteiger partial charge is 0.497 e. The minimum atomic E-state index is -0.364. The Balaban J connectivity index is 1.93. The summed E-state index contributed by atoms with van der Waals surface area (Å²) in [7, 11) is 3.14. The molecule has 0 atom stereocenters. The van der Waals surface area contributed by atoms with Gasteiger partial charge in [0.1, 0.15) is 17.2 Å². The van der Waals surface area contributed by atoms with Crippen LogP contribution in [0.2, 0.25) is 0 Å². The van der Waals surface area contributed by atoms with Crippen LogP contribution in [-0.4, -0.2) is 32.9 Å². The Morgan fingerprint density at radius 3 is 2.69 bits per heavy atom. The van der Waals surface area contributed by atoms with Crippen molar-refractivity contribution in [3.05, 3.63) is 66.2 Å². The van der Waals surface area contributed by atoms with Gasteiger partial charge in [0.05, 0.1) is 20.4 Å². The monoisotopic (exact) mass is 354 g/mol. The number of ether oxygens (including phenoxy) is 3. The first-order chi connectivity index (χ1) is 12.7. The summed E-state index contributed by atoms with van der Waals surface area (Å²) in [6.45, 7) is 3.58. The molecule has 1 amide bonds. The van der Waals surface area contributed by atoms with Gasteiger partial charge in [-0.25, -0.2) is 5.43 Å². The summed E-state index contributed by atoms with van der Waals surface area (Å²) in [5.41, 5.74) is 4.09. The van der Waals surface area contributed by atoms with Crippen molar-refractivity contribution in [2.24, 2.45) is 5.10 Å². The third kappa shape index (κ3) is 5.37. The molecule has 2 aromatic carbocycles. The van der Waals surface area contributed by atoms with E-state index in [0.717, 1.165) is 5.56 Å². The molecule has 0 radical (unpaired) electrons. The molecular weight excluding hydrogens is 332 g/mol. The maximum absolute atomic E-state index is 11.9. The van der Waals surface area contributed by atoms with E-state index in [-0.39, 0.29) is 12.5 Å². The lowest BCUT2D eigenvalue weighted by atomic mass is 10.1. The van der Waals surface area contributed by atoms with Crippen LogP contribution in [0.4, 0.5) is 0 Å². The number of carbonyl (C=O) groups is 1. The molecule has 0 saturated carbocycles. The van der Waals surface area contributed by atoms with E-state index in [2.05, 4.69) is 17.1 Å². The minimum Gasteiger partial charge on any atom is -0.497 e. The third-order valence-electron chi connectivity index (χ3n) is 3.53. The van der Waals surface area contributed by atoms with Gasteiger partial charge in [-0.05, 0) is 36.2 Å². The number of nitrogens with one attached hydrogen (secondary N) is 1. The highest BCUT2D eigenvalue weighted by molar-refractivity contribution is 5.86. The molecule has 0 heterocycles. The smallest absolute Gasteiger partial charge is 0.277 e. The first kappa shape index (κ1) is 19.1. The average Bonchev–Trinajstić information content (AvgIpc) is 2.67. The van der Waals surface area contributed by atoms with Gasteiger partial charge in [-0.3, -0.25) is 4.79 Å². The van der Waals surface area contributed by atoms with Crippen molar-refractivity contribution in [3.63, 3.8) is 0 Å². The minimum absolute atomic E-state index is 0.138. The van der Waals surface area contributed by atoms with Crippen LogP contribution in [0.25, 0.3) is 0 Å². The van der Waals surface area contributed by atoms with E-state index in [1.807, 2.05) is 24.3 Å². The number of allylic oxidation sites excluding steroid dienone is 1. The zero-order valence-electron chi connectivity index (χ0n) is 14.9. The fraction of sp³-hybridized carbons (Fsp3) is 0.200. The predicted octanol–water partition coefficient (Wildman–Crippen LogP) is 2.96. The van der Waals surface area contributed by atoms with Gasteiger partial charge in [-0.2, -0.15) is 5.10 Å². The number of hydrazone groups is 1. The molecule has 26 heavy (non-hydrogen) atoms. The molecule has 0 bridgehead atoms. The molecule has 0 aliphatic rings. The van der Waals surface area contributed by atoms with E-state index in [1.54, 1.807) is 38.5 Å².